The highest BCUT2D eigenvalue weighted by molar-refractivity contribution is 6.06. The Kier molecular flexibility index (Phi) is 2.68. The molecule has 24 heavy (non-hydrogen) atoms. The molecule has 3 unspecified atom stereocenters. The number of anilines is 1. The quantitative estimate of drug-likeness (QED) is 0.694. The number of aliphatic hydroxyl groups is 1. The lowest BCUT2D eigenvalue weighted by molar-refractivity contribution is -0.127. The lowest BCUT2D eigenvalue weighted by Crippen LogP contribution is -2.62. The molecule has 4 aliphatic rings. The lowest BCUT2D eigenvalue weighted by atomic mass is 9.51. The molecular weight excluding hydrogens is 304 g/mol. The summed E-state index contributed by atoms with van der Waals surface area (Å²) in [5, 5.41) is 15.5. The zero-order valence-corrected chi connectivity index (χ0v) is 13.5. The summed E-state index contributed by atoms with van der Waals surface area (Å²) >= 11 is 0. The maximum atomic E-state index is 11.9. The number of carbonyl (C=O) groups excluding carboxylic acids is 1. The second kappa shape index (κ2) is 4.51. The maximum absolute atomic E-state index is 11.9. The minimum atomic E-state index is -0.547. The first-order chi connectivity index (χ1) is 11.5. The smallest absolute Gasteiger partial charge is 0.252 e. The molecule has 4 bridgehead atoms. The van der Waals surface area contributed by atoms with Crippen LogP contribution in [0.15, 0.2) is 18.5 Å². The predicted octanol–water partition coefficient (Wildman–Crippen LogP) is 2.16. The summed E-state index contributed by atoms with van der Waals surface area (Å²) in [6.07, 6.45) is 9.29. The highest BCUT2D eigenvalue weighted by atomic mass is 16.3. The van der Waals surface area contributed by atoms with Gasteiger partial charge in [0.25, 0.3) is 5.91 Å². The van der Waals surface area contributed by atoms with Crippen LogP contribution in [-0.2, 0) is 0 Å². The van der Waals surface area contributed by atoms with Crippen LogP contribution in [0.1, 0.15) is 48.9 Å². The number of fused-ring (bicyclic) bond motifs is 1. The van der Waals surface area contributed by atoms with E-state index in [4.69, 9.17) is 5.73 Å². The number of aromatic amines is 1. The Bertz CT molecular complexity index is 829. The van der Waals surface area contributed by atoms with Crippen LogP contribution < -0.4 is 11.1 Å². The van der Waals surface area contributed by atoms with E-state index in [2.05, 4.69) is 15.3 Å². The highest BCUT2D eigenvalue weighted by Gasteiger charge is 2.57. The van der Waals surface area contributed by atoms with Gasteiger partial charge in [0.05, 0.1) is 16.9 Å². The molecule has 126 valence electrons. The SMILES string of the molecule is NC(=O)c1cnc2[nH]ccc2c1NC12CC3C[C@@H](CC(O)(C3)C1)C2. The Labute approximate surface area is 139 Å². The largest absolute Gasteiger partial charge is 0.390 e. The van der Waals surface area contributed by atoms with Crippen LogP contribution in [0.4, 0.5) is 5.69 Å². The summed E-state index contributed by atoms with van der Waals surface area (Å²) in [6.45, 7) is 0. The van der Waals surface area contributed by atoms with E-state index in [-0.39, 0.29) is 5.54 Å². The van der Waals surface area contributed by atoms with Gasteiger partial charge in [-0.2, -0.15) is 0 Å². The zero-order valence-electron chi connectivity index (χ0n) is 13.5. The molecule has 1 amide bonds. The fourth-order valence-electron chi connectivity index (χ4n) is 5.95. The van der Waals surface area contributed by atoms with E-state index < -0.39 is 11.5 Å². The second-order valence-electron chi connectivity index (χ2n) is 8.24. The fraction of sp³-hybridized carbons (Fsp3) is 0.556. The molecule has 4 atom stereocenters. The molecule has 5 N–H and O–H groups in total. The molecule has 0 spiro atoms. The first-order valence-electron chi connectivity index (χ1n) is 8.72. The molecule has 0 aliphatic heterocycles. The minimum Gasteiger partial charge on any atom is -0.390 e. The van der Waals surface area contributed by atoms with Crippen LogP contribution in [0.25, 0.3) is 11.0 Å². The van der Waals surface area contributed by atoms with Crippen molar-refractivity contribution in [2.24, 2.45) is 17.6 Å². The van der Waals surface area contributed by atoms with Gasteiger partial charge in [0, 0.05) is 23.3 Å². The van der Waals surface area contributed by atoms with Gasteiger partial charge in [-0.1, -0.05) is 0 Å². The van der Waals surface area contributed by atoms with Crippen LogP contribution in [0.3, 0.4) is 0 Å². The Morgan fingerprint density at radius 2 is 2.08 bits per heavy atom. The Hall–Kier alpha value is -2.08. The number of nitrogens with zero attached hydrogens (tertiary/aromatic N) is 1. The second-order valence-corrected chi connectivity index (χ2v) is 8.24. The topological polar surface area (TPSA) is 104 Å². The van der Waals surface area contributed by atoms with Crippen LogP contribution in [0.2, 0.25) is 0 Å². The summed E-state index contributed by atoms with van der Waals surface area (Å²) in [6, 6.07) is 1.92. The first kappa shape index (κ1) is 14.3. The van der Waals surface area contributed by atoms with Gasteiger partial charge >= 0.3 is 0 Å². The van der Waals surface area contributed by atoms with Gasteiger partial charge in [0.1, 0.15) is 5.65 Å². The van der Waals surface area contributed by atoms with Gasteiger partial charge in [-0.05, 0) is 56.4 Å². The summed E-state index contributed by atoms with van der Waals surface area (Å²) in [7, 11) is 0. The molecule has 4 fully saturated rings. The molecule has 2 heterocycles. The van der Waals surface area contributed by atoms with Crippen molar-refractivity contribution in [3.63, 3.8) is 0 Å². The average Bonchev–Trinajstić information content (AvgIpc) is 2.93. The molecular formula is C18H22N4O2. The van der Waals surface area contributed by atoms with Crippen LogP contribution in [0.5, 0.6) is 0 Å². The van der Waals surface area contributed by atoms with E-state index in [0.717, 1.165) is 48.8 Å². The number of amides is 1. The number of rotatable bonds is 3. The van der Waals surface area contributed by atoms with Crippen molar-refractivity contribution < 1.29 is 9.90 Å². The molecule has 0 aromatic carbocycles. The summed E-state index contributed by atoms with van der Waals surface area (Å²) in [4.78, 5) is 19.3. The zero-order chi connectivity index (χ0) is 16.5. The number of nitrogens with two attached hydrogens (primary N) is 1. The normalized spacial score (nSPS) is 37.0. The van der Waals surface area contributed by atoms with E-state index in [1.807, 2.05) is 12.3 Å². The van der Waals surface area contributed by atoms with Gasteiger partial charge in [-0.25, -0.2) is 4.98 Å². The van der Waals surface area contributed by atoms with Crippen LogP contribution in [-0.4, -0.2) is 32.1 Å². The summed E-state index contributed by atoms with van der Waals surface area (Å²) < 4.78 is 0. The van der Waals surface area contributed by atoms with Crippen molar-refractivity contribution >= 4 is 22.6 Å². The predicted molar refractivity (Wildman–Crippen MR) is 90.6 cm³/mol. The summed E-state index contributed by atoms with van der Waals surface area (Å²) in [5.74, 6) is 0.671. The van der Waals surface area contributed by atoms with Crippen molar-refractivity contribution in [1.82, 2.24) is 9.97 Å². The number of carbonyl (C=O) groups is 1. The molecule has 2 aromatic heterocycles. The number of hydrogen-bond acceptors (Lipinski definition) is 4. The average molecular weight is 326 g/mol. The molecule has 4 aliphatic carbocycles. The molecule has 4 saturated carbocycles. The van der Waals surface area contributed by atoms with E-state index >= 15 is 0 Å². The number of H-pyrrole nitrogens is 1. The van der Waals surface area contributed by atoms with Crippen LogP contribution >= 0.6 is 0 Å². The molecule has 6 heteroatoms. The molecule has 2 aromatic rings. The van der Waals surface area contributed by atoms with E-state index in [0.29, 0.717) is 17.4 Å². The van der Waals surface area contributed by atoms with Crippen molar-refractivity contribution in [2.45, 2.75) is 49.7 Å². The fourth-order valence-corrected chi connectivity index (χ4v) is 5.95. The third-order valence-corrected chi connectivity index (χ3v) is 6.27. The van der Waals surface area contributed by atoms with Gasteiger partial charge in [-0.3, -0.25) is 4.79 Å². The minimum absolute atomic E-state index is 0.144. The van der Waals surface area contributed by atoms with Crippen molar-refractivity contribution in [3.8, 4) is 0 Å². The van der Waals surface area contributed by atoms with Gasteiger partial charge < -0.3 is 21.1 Å². The van der Waals surface area contributed by atoms with E-state index in [1.54, 1.807) is 6.20 Å². The highest BCUT2D eigenvalue weighted by Crippen LogP contribution is 2.58. The van der Waals surface area contributed by atoms with Gasteiger partial charge in [0.2, 0.25) is 0 Å². The Morgan fingerprint density at radius 3 is 2.75 bits per heavy atom. The standard InChI is InChI=1S/C18H22N4O2/c19-15(23)13-8-21-16-12(1-2-20-16)14(13)22-17-4-10-3-11(5-17)7-18(24,6-10)9-17/h1-2,8,10-11,24H,3-7,9H2,(H2,19,23)(H2,20,21,22)/t10-,11?,17?,18?/m1/s1. The molecule has 0 saturated heterocycles. The third-order valence-electron chi connectivity index (χ3n) is 6.27. The number of primary amides is 1. The van der Waals surface area contributed by atoms with E-state index in [1.165, 1.54) is 6.42 Å². The maximum Gasteiger partial charge on any atom is 0.252 e. The van der Waals surface area contributed by atoms with Gasteiger partial charge in [-0.15, -0.1) is 0 Å². The van der Waals surface area contributed by atoms with Gasteiger partial charge in [0.15, 0.2) is 0 Å². The lowest BCUT2D eigenvalue weighted by Gasteiger charge is -2.60. The van der Waals surface area contributed by atoms with Crippen molar-refractivity contribution in [3.05, 3.63) is 24.0 Å². The third kappa shape index (κ3) is 1.99. The Morgan fingerprint density at radius 1 is 1.33 bits per heavy atom. The van der Waals surface area contributed by atoms with Crippen molar-refractivity contribution in [2.75, 3.05) is 5.32 Å². The molecule has 6 nitrogen and oxygen atoms in total. The number of pyridine rings is 1. The summed E-state index contributed by atoms with van der Waals surface area (Å²) in [5.41, 5.74) is 6.82. The number of nitrogens with one attached hydrogen (secondary N) is 2. The molecule has 6 rings (SSSR count). The molecule has 0 radical (unpaired) electrons. The van der Waals surface area contributed by atoms with E-state index in [9.17, 15) is 9.90 Å². The van der Waals surface area contributed by atoms with Crippen molar-refractivity contribution in [1.29, 1.82) is 0 Å². The first-order valence-corrected chi connectivity index (χ1v) is 8.72. The monoisotopic (exact) mass is 326 g/mol. The number of aromatic nitrogens is 2. The Balaban J connectivity index is 1.61. The number of hydrogen-bond donors (Lipinski definition) is 4. The van der Waals surface area contributed by atoms with Crippen LogP contribution in [0, 0.1) is 11.8 Å².